The summed E-state index contributed by atoms with van der Waals surface area (Å²) < 4.78 is 4.88. The van der Waals surface area contributed by atoms with Crippen LogP contribution in [0, 0.1) is 0 Å². The Bertz CT molecular complexity index is 859. The molecule has 4 N–H and O–H groups in total. The van der Waals surface area contributed by atoms with Gasteiger partial charge in [0.25, 0.3) is 5.91 Å². The molecule has 2 aromatic rings. The quantitative estimate of drug-likeness (QED) is 0.637. The van der Waals surface area contributed by atoms with Gasteiger partial charge >= 0.3 is 6.16 Å². The minimum Gasteiger partial charge on any atom is -0.450 e. The van der Waals surface area contributed by atoms with Crippen LogP contribution < -0.4 is 11.1 Å². The third-order valence-electron chi connectivity index (χ3n) is 4.76. The zero-order valence-electron chi connectivity index (χ0n) is 15.7. The number of nitrogens with two attached hydrogens (primary N) is 1. The van der Waals surface area contributed by atoms with Crippen molar-refractivity contribution in [3.63, 3.8) is 0 Å². The fourth-order valence-electron chi connectivity index (χ4n) is 3.39. The molecule has 0 spiro atoms. The minimum atomic E-state index is -1.49. The van der Waals surface area contributed by atoms with Crippen LogP contribution in [0.2, 0.25) is 0 Å². The molecule has 1 aliphatic heterocycles. The highest BCUT2D eigenvalue weighted by Crippen LogP contribution is 2.21. The summed E-state index contributed by atoms with van der Waals surface area (Å²) in [5, 5.41) is 11.8. The van der Waals surface area contributed by atoms with Crippen LogP contribution in [-0.2, 0) is 16.0 Å². The number of hydrogen-bond acceptors (Lipinski definition) is 5. The SMILES string of the molecule is NC(Cc1ccccc1)C(=O)N1C[C@H](NC(=O)c2ccccc2)C[C@@H]1OC(=O)O. The fraction of sp³-hybridized carbons (Fsp3) is 0.286. The molecule has 29 heavy (non-hydrogen) atoms. The zero-order valence-corrected chi connectivity index (χ0v) is 15.7. The van der Waals surface area contributed by atoms with Crippen molar-refractivity contribution in [2.24, 2.45) is 5.73 Å². The van der Waals surface area contributed by atoms with Crippen molar-refractivity contribution in [1.29, 1.82) is 0 Å². The van der Waals surface area contributed by atoms with Crippen LogP contribution >= 0.6 is 0 Å². The van der Waals surface area contributed by atoms with Gasteiger partial charge in [0.05, 0.1) is 12.1 Å². The predicted molar refractivity (Wildman–Crippen MR) is 105 cm³/mol. The Balaban J connectivity index is 1.67. The Labute approximate surface area is 168 Å². The van der Waals surface area contributed by atoms with Gasteiger partial charge in [-0.15, -0.1) is 0 Å². The third kappa shape index (κ3) is 5.32. The summed E-state index contributed by atoms with van der Waals surface area (Å²) in [7, 11) is 0. The third-order valence-corrected chi connectivity index (χ3v) is 4.76. The van der Waals surface area contributed by atoms with E-state index < -0.39 is 30.4 Å². The Morgan fingerprint density at radius 3 is 2.34 bits per heavy atom. The highest BCUT2D eigenvalue weighted by molar-refractivity contribution is 5.94. The molecule has 1 aliphatic rings. The molecule has 3 rings (SSSR count). The number of carbonyl (C=O) groups is 3. The van der Waals surface area contributed by atoms with Gasteiger partial charge in [0, 0.05) is 18.5 Å². The van der Waals surface area contributed by atoms with E-state index in [0.717, 1.165) is 5.56 Å². The van der Waals surface area contributed by atoms with Gasteiger partial charge in [-0.2, -0.15) is 0 Å². The number of benzene rings is 2. The average molecular weight is 397 g/mol. The van der Waals surface area contributed by atoms with Gasteiger partial charge in [0.2, 0.25) is 5.91 Å². The number of amides is 2. The summed E-state index contributed by atoms with van der Waals surface area (Å²) in [4.78, 5) is 37.6. The van der Waals surface area contributed by atoms with Gasteiger partial charge in [0.1, 0.15) is 0 Å². The number of carboxylic acid groups (broad SMARTS) is 1. The molecule has 152 valence electrons. The van der Waals surface area contributed by atoms with Crippen LogP contribution in [0.25, 0.3) is 0 Å². The van der Waals surface area contributed by atoms with Crippen molar-refractivity contribution in [2.45, 2.75) is 31.2 Å². The summed E-state index contributed by atoms with van der Waals surface area (Å²) in [6.45, 7) is 0.123. The first-order valence-corrected chi connectivity index (χ1v) is 9.29. The molecule has 1 heterocycles. The van der Waals surface area contributed by atoms with Crippen LogP contribution in [0.3, 0.4) is 0 Å². The number of hydrogen-bond donors (Lipinski definition) is 3. The highest BCUT2D eigenvalue weighted by Gasteiger charge is 2.40. The first-order chi connectivity index (χ1) is 13.9. The first kappa shape index (κ1) is 20.3. The topological polar surface area (TPSA) is 122 Å². The van der Waals surface area contributed by atoms with Gasteiger partial charge in [-0.05, 0) is 24.1 Å². The Morgan fingerprint density at radius 1 is 1.10 bits per heavy atom. The van der Waals surface area contributed by atoms with Crippen molar-refractivity contribution < 1.29 is 24.2 Å². The van der Waals surface area contributed by atoms with E-state index >= 15 is 0 Å². The molecule has 0 bridgehead atoms. The van der Waals surface area contributed by atoms with Crippen molar-refractivity contribution in [1.82, 2.24) is 10.2 Å². The molecule has 0 aromatic heterocycles. The van der Waals surface area contributed by atoms with Gasteiger partial charge < -0.3 is 25.8 Å². The molecular weight excluding hydrogens is 374 g/mol. The zero-order chi connectivity index (χ0) is 20.8. The van der Waals surface area contributed by atoms with Gasteiger partial charge in [0.15, 0.2) is 6.23 Å². The van der Waals surface area contributed by atoms with E-state index in [2.05, 4.69) is 5.32 Å². The normalized spacial score (nSPS) is 19.4. The lowest BCUT2D eigenvalue weighted by atomic mass is 10.1. The maximum absolute atomic E-state index is 12.9. The molecule has 2 amide bonds. The molecule has 0 radical (unpaired) electrons. The highest BCUT2D eigenvalue weighted by atomic mass is 16.7. The number of carbonyl (C=O) groups excluding carboxylic acids is 2. The lowest BCUT2D eigenvalue weighted by molar-refractivity contribution is -0.140. The van der Waals surface area contributed by atoms with E-state index in [1.807, 2.05) is 30.3 Å². The van der Waals surface area contributed by atoms with Crippen LogP contribution in [-0.4, -0.2) is 52.8 Å². The molecule has 0 aliphatic carbocycles. The van der Waals surface area contributed by atoms with Crippen molar-refractivity contribution in [3.8, 4) is 0 Å². The minimum absolute atomic E-state index is 0.123. The molecular formula is C21H23N3O5. The number of nitrogens with zero attached hydrogens (tertiary/aromatic N) is 1. The average Bonchev–Trinajstić information content (AvgIpc) is 3.10. The lowest BCUT2D eigenvalue weighted by Gasteiger charge is -2.26. The largest absolute Gasteiger partial charge is 0.507 e. The molecule has 1 saturated heterocycles. The number of nitrogens with one attached hydrogen (secondary N) is 1. The Morgan fingerprint density at radius 2 is 1.72 bits per heavy atom. The summed E-state index contributed by atoms with van der Waals surface area (Å²) in [5.74, 6) is -0.718. The second-order valence-electron chi connectivity index (χ2n) is 6.90. The molecule has 2 aromatic carbocycles. The van der Waals surface area contributed by atoms with Crippen molar-refractivity contribution >= 4 is 18.0 Å². The smallest absolute Gasteiger partial charge is 0.450 e. The second kappa shape index (κ2) is 9.20. The van der Waals surface area contributed by atoms with Crippen LogP contribution in [0.15, 0.2) is 60.7 Å². The van der Waals surface area contributed by atoms with E-state index in [1.165, 1.54) is 4.90 Å². The molecule has 8 heteroatoms. The summed E-state index contributed by atoms with van der Waals surface area (Å²) in [6.07, 6.45) is -2.01. The van der Waals surface area contributed by atoms with E-state index in [0.29, 0.717) is 12.0 Å². The molecule has 1 unspecified atom stereocenters. The second-order valence-corrected chi connectivity index (χ2v) is 6.90. The summed E-state index contributed by atoms with van der Waals surface area (Å²) >= 11 is 0. The number of rotatable bonds is 6. The maximum atomic E-state index is 12.9. The van der Waals surface area contributed by atoms with Gasteiger partial charge in [-0.25, -0.2) is 4.79 Å². The van der Waals surface area contributed by atoms with E-state index in [4.69, 9.17) is 15.6 Å². The predicted octanol–water partition coefficient (Wildman–Crippen LogP) is 1.61. The van der Waals surface area contributed by atoms with Gasteiger partial charge in [-0.3, -0.25) is 9.59 Å². The Hall–Kier alpha value is -3.39. The van der Waals surface area contributed by atoms with Crippen LogP contribution in [0.5, 0.6) is 0 Å². The Kier molecular flexibility index (Phi) is 6.46. The van der Waals surface area contributed by atoms with Crippen LogP contribution in [0.1, 0.15) is 22.3 Å². The van der Waals surface area contributed by atoms with Crippen molar-refractivity contribution in [3.05, 3.63) is 71.8 Å². The van der Waals surface area contributed by atoms with E-state index in [1.54, 1.807) is 30.3 Å². The van der Waals surface area contributed by atoms with Crippen molar-refractivity contribution in [2.75, 3.05) is 6.54 Å². The van der Waals surface area contributed by atoms with Gasteiger partial charge in [-0.1, -0.05) is 48.5 Å². The van der Waals surface area contributed by atoms with E-state index in [9.17, 15) is 14.4 Å². The lowest BCUT2D eigenvalue weighted by Crippen LogP contribution is -2.48. The molecule has 0 saturated carbocycles. The molecule has 1 fully saturated rings. The van der Waals surface area contributed by atoms with Crippen LogP contribution in [0.4, 0.5) is 4.79 Å². The summed E-state index contributed by atoms with van der Waals surface area (Å²) in [6, 6.07) is 16.7. The number of ether oxygens (including phenoxy) is 1. The number of likely N-dealkylation sites (tertiary alicyclic amines) is 1. The standard InChI is InChI=1S/C21H23N3O5/c22-17(11-14-7-3-1-4-8-14)20(26)24-13-16(12-18(24)29-21(27)28)23-19(25)15-9-5-2-6-10-15/h1-10,16-18H,11-13,22H2,(H,23,25)(H,27,28)/t16-,17?,18+/m1/s1. The maximum Gasteiger partial charge on any atom is 0.507 e. The molecule has 3 atom stereocenters. The fourth-order valence-corrected chi connectivity index (χ4v) is 3.39. The monoisotopic (exact) mass is 397 g/mol. The first-order valence-electron chi connectivity index (χ1n) is 9.29. The van der Waals surface area contributed by atoms with E-state index in [-0.39, 0.29) is 18.9 Å². The molecule has 8 nitrogen and oxygen atoms in total. The summed E-state index contributed by atoms with van der Waals surface area (Å²) in [5.41, 5.74) is 7.46.